The molecule has 0 atom stereocenters. The molecule has 156 valence electrons. The van der Waals surface area contributed by atoms with Gasteiger partial charge in [-0.05, 0) is 23.8 Å². The van der Waals surface area contributed by atoms with E-state index in [0.29, 0.717) is 22.3 Å². The minimum atomic E-state index is -3.95. The van der Waals surface area contributed by atoms with Gasteiger partial charge in [-0.1, -0.05) is 29.3 Å². The summed E-state index contributed by atoms with van der Waals surface area (Å²) in [5.74, 6) is 0. The fraction of sp³-hybridized carbons (Fsp3) is 0.333. The van der Waals surface area contributed by atoms with E-state index >= 15 is 0 Å². The molecule has 1 aliphatic heterocycles. The second-order valence-corrected chi connectivity index (χ2v) is 9.27. The zero-order valence-electron chi connectivity index (χ0n) is 15.5. The van der Waals surface area contributed by atoms with Gasteiger partial charge in [0.05, 0.1) is 23.8 Å². The van der Waals surface area contributed by atoms with Crippen LogP contribution in [0.15, 0.2) is 41.3 Å². The van der Waals surface area contributed by atoms with Crippen LogP contribution >= 0.6 is 23.2 Å². The molecule has 0 radical (unpaired) electrons. The van der Waals surface area contributed by atoms with Gasteiger partial charge < -0.3 is 9.64 Å². The molecule has 0 unspecified atom stereocenters. The maximum atomic E-state index is 13.2. The normalized spacial score (nSPS) is 15.3. The quantitative estimate of drug-likeness (QED) is 0.484. The van der Waals surface area contributed by atoms with Crippen LogP contribution in [0.3, 0.4) is 0 Å². The maximum absolute atomic E-state index is 13.2. The van der Waals surface area contributed by atoms with Gasteiger partial charge in [-0.2, -0.15) is 4.31 Å². The summed E-state index contributed by atoms with van der Waals surface area (Å²) in [6, 6.07) is 8.87. The van der Waals surface area contributed by atoms with E-state index < -0.39 is 14.9 Å². The van der Waals surface area contributed by atoms with Crippen molar-refractivity contribution < 1.29 is 18.1 Å². The maximum Gasteiger partial charge on any atom is 0.270 e. The molecule has 0 saturated carbocycles. The summed E-state index contributed by atoms with van der Waals surface area (Å²) < 4.78 is 33.0. The topological polar surface area (TPSA) is 93.0 Å². The molecule has 1 heterocycles. The van der Waals surface area contributed by atoms with E-state index in [0.717, 1.165) is 11.6 Å². The van der Waals surface area contributed by atoms with Crippen LogP contribution in [0.25, 0.3) is 0 Å². The van der Waals surface area contributed by atoms with Gasteiger partial charge in [-0.15, -0.1) is 0 Å². The lowest BCUT2D eigenvalue weighted by Gasteiger charge is -2.29. The number of hydrogen-bond donors (Lipinski definition) is 0. The summed E-state index contributed by atoms with van der Waals surface area (Å²) in [5.41, 5.74) is 0.790. The van der Waals surface area contributed by atoms with E-state index in [1.54, 1.807) is 30.1 Å². The summed E-state index contributed by atoms with van der Waals surface area (Å²) >= 11 is 12.2. The molecule has 0 N–H and O–H groups in total. The number of benzene rings is 2. The number of non-ortho nitro benzene ring substituents is 1. The number of nitro benzene ring substituents is 1. The van der Waals surface area contributed by atoms with Crippen molar-refractivity contribution in [1.29, 1.82) is 0 Å². The summed E-state index contributed by atoms with van der Waals surface area (Å²) in [5, 5.41) is 12.2. The molecule has 0 aliphatic carbocycles. The van der Waals surface area contributed by atoms with Crippen molar-refractivity contribution in [3.63, 3.8) is 0 Å². The lowest BCUT2D eigenvalue weighted by atomic mass is 10.2. The number of nitrogens with zero attached hydrogens (tertiary/aromatic N) is 3. The molecule has 8 nitrogen and oxygen atoms in total. The number of morpholine rings is 1. The van der Waals surface area contributed by atoms with Crippen LogP contribution in [-0.2, 0) is 21.3 Å². The monoisotopic (exact) mass is 459 g/mol. The summed E-state index contributed by atoms with van der Waals surface area (Å²) in [4.78, 5) is 12.2. The molecule has 2 aromatic rings. The van der Waals surface area contributed by atoms with Crippen molar-refractivity contribution in [3.8, 4) is 0 Å². The Morgan fingerprint density at radius 1 is 1.17 bits per heavy atom. The highest BCUT2D eigenvalue weighted by Gasteiger charge is 2.31. The molecule has 29 heavy (non-hydrogen) atoms. The first-order valence-electron chi connectivity index (χ1n) is 8.71. The van der Waals surface area contributed by atoms with Gasteiger partial charge in [0.2, 0.25) is 10.0 Å². The summed E-state index contributed by atoms with van der Waals surface area (Å²) in [6.45, 7) is 1.23. The van der Waals surface area contributed by atoms with Crippen LogP contribution in [0.4, 0.5) is 11.4 Å². The molecule has 0 aromatic heterocycles. The molecule has 1 aliphatic rings. The Balaban J connectivity index is 2.02. The SMILES string of the molecule is CN(Cc1ccc(Cl)cc1Cl)c1ccc([N+](=O)[O-])cc1S(=O)(=O)N1CCOCC1. The molecule has 1 saturated heterocycles. The Morgan fingerprint density at radius 3 is 2.48 bits per heavy atom. The molecular formula is C18H19Cl2N3O5S. The van der Waals surface area contributed by atoms with Gasteiger partial charge in [-0.25, -0.2) is 8.42 Å². The van der Waals surface area contributed by atoms with Crippen LogP contribution in [0.2, 0.25) is 10.0 Å². The lowest BCUT2D eigenvalue weighted by Crippen LogP contribution is -2.41. The van der Waals surface area contributed by atoms with Crippen molar-refractivity contribution in [1.82, 2.24) is 4.31 Å². The fourth-order valence-corrected chi connectivity index (χ4v) is 5.19. The fourth-order valence-electron chi connectivity index (χ4n) is 3.05. The zero-order valence-corrected chi connectivity index (χ0v) is 17.9. The molecule has 0 amide bonds. The third-order valence-corrected chi connectivity index (χ3v) is 7.09. The van der Waals surface area contributed by atoms with Crippen molar-refractivity contribution >= 4 is 44.6 Å². The van der Waals surface area contributed by atoms with Gasteiger partial charge in [0, 0.05) is 48.9 Å². The van der Waals surface area contributed by atoms with Crippen molar-refractivity contribution in [2.45, 2.75) is 11.4 Å². The van der Waals surface area contributed by atoms with Crippen LogP contribution in [0.5, 0.6) is 0 Å². The van der Waals surface area contributed by atoms with Crippen LogP contribution in [0, 0.1) is 10.1 Å². The molecular weight excluding hydrogens is 441 g/mol. The first kappa shape index (κ1) is 21.8. The predicted octanol–water partition coefficient (Wildman–Crippen LogP) is 3.56. The average molecular weight is 460 g/mol. The number of anilines is 1. The number of hydrogen-bond acceptors (Lipinski definition) is 6. The average Bonchev–Trinajstić information content (AvgIpc) is 2.70. The highest BCUT2D eigenvalue weighted by molar-refractivity contribution is 7.89. The molecule has 3 rings (SSSR count). The Bertz CT molecular complexity index is 1030. The van der Waals surface area contributed by atoms with Crippen molar-refractivity contribution in [3.05, 3.63) is 62.1 Å². The van der Waals surface area contributed by atoms with E-state index in [9.17, 15) is 18.5 Å². The minimum absolute atomic E-state index is 0.124. The Labute approximate surface area is 178 Å². The van der Waals surface area contributed by atoms with E-state index in [-0.39, 0.29) is 36.9 Å². The number of ether oxygens (including phenoxy) is 1. The second-order valence-electron chi connectivity index (χ2n) is 6.52. The third kappa shape index (κ3) is 4.81. The largest absolute Gasteiger partial charge is 0.379 e. The first-order valence-corrected chi connectivity index (χ1v) is 10.9. The standard InChI is InChI=1S/C18H19Cl2N3O5S/c1-21(12-13-2-3-14(19)10-16(13)20)17-5-4-15(23(24)25)11-18(17)29(26,27)22-6-8-28-9-7-22/h2-5,10-11H,6-9,12H2,1H3. The van der Waals surface area contributed by atoms with E-state index in [1.807, 2.05) is 0 Å². The number of rotatable bonds is 6. The molecule has 1 fully saturated rings. The van der Waals surface area contributed by atoms with Crippen molar-refractivity contribution in [2.75, 3.05) is 38.3 Å². The Kier molecular flexibility index (Phi) is 6.65. The molecule has 0 spiro atoms. The van der Waals surface area contributed by atoms with Crippen molar-refractivity contribution in [2.24, 2.45) is 0 Å². The Hall–Kier alpha value is -1.91. The highest BCUT2D eigenvalue weighted by atomic mass is 35.5. The van der Waals surface area contributed by atoms with Gasteiger partial charge in [0.1, 0.15) is 4.90 Å². The summed E-state index contributed by atoms with van der Waals surface area (Å²) in [7, 11) is -2.25. The minimum Gasteiger partial charge on any atom is -0.379 e. The van der Waals surface area contributed by atoms with Gasteiger partial charge in [0.25, 0.3) is 5.69 Å². The number of nitro groups is 1. The van der Waals surface area contributed by atoms with Crippen LogP contribution in [0.1, 0.15) is 5.56 Å². The molecule has 2 aromatic carbocycles. The molecule has 0 bridgehead atoms. The third-order valence-electron chi connectivity index (χ3n) is 4.58. The zero-order chi connectivity index (χ0) is 21.2. The van der Waals surface area contributed by atoms with E-state index in [4.69, 9.17) is 27.9 Å². The number of sulfonamides is 1. The number of halogens is 2. The summed E-state index contributed by atoms with van der Waals surface area (Å²) in [6.07, 6.45) is 0. The second kappa shape index (κ2) is 8.85. The lowest BCUT2D eigenvalue weighted by molar-refractivity contribution is -0.385. The predicted molar refractivity (Wildman–Crippen MR) is 111 cm³/mol. The molecule has 11 heteroatoms. The van der Waals surface area contributed by atoms with Gasteiger partial charge in [-0.3, -0.25) is 10.1 Å². The highest BCUT2D eigenvalue weighted by Crippen LogP contribution is 2.33. The van der Waals surface area contributed by atoms with Crippen LogP contribution in [-0.4, -0.2) is 51.0 Å². The van der Waals surface area contributed by atoms with Gasteiger partial charge in [0.15, 0.2) is 0 Å². The Morgan fingerprint density at radius 2 is 1.86 bits per heavy atom. The van der Waals surface area contributed by atoms with E-state index in [1.165, 1.54) is 16.4 Å². The smallest absolute Gasteiger partial charge is 0.270 e. The first-order chi connectivity index (χ1) is 13.7. The van der Waals surface area contributed by atoms with E-state index in [2.05, 4.69) is 0 Å². The van der Waals surface area contributed by atoms with Gasteiger partial charge >= 0.3 is 0 Å². The van der Waals surface area contributed by atoms with Crippen LogP contribution < -0.4 is 4.90 Å².